The van der Waals surface area contributed by atoms with Crippen LogP contribution in [-0.4, -0.2) is 311 Å². The Morgan fingerprint density at radius 1 is 0.460 bits per heavy atom. The molecule has 0 radical (unpaired) electrons. The Morgan fingerprint density at radius 3 is 1.28 bits per heavy atom. The van der Waals surface area contributed by atoms with Crippen LogP contribution in [0, 0.1) is 0 Å². The molecule has 43 heteroatoms. The second kappa shape index (κ2) is 54.0. The van der Waals surface area contributed by atoms with E-state index < -0.39 is 164 Å². The van der Waals surface area contributed by atoms with E-state index in [1.165, 1.54) is 9.80 Å². The van der Waals surface area contributed by atoms with Gasteiger partial charge in [-0.25, -0.2) is 4.89 Å². The highest BCUT2D eigenvalue weighted by Crippen LogP contribution is 2.13. The largest absolute Gasteiger partial charge is 0.481 e. The molecule has 43 nitrogen and oxygen atoms in total. The highest BCUT2D eigenvalue weighted by molar-refractivity contribution is 5.99. The SMILES string of the molecule is CCCCNC(=O)CN(CCN(CCN(CC(=O)O)CC(=O)NCCCC[C@@H]1NC(=O)[C@@H](Cc2ccccc2)NC(=O)[C@H](CCOO)NC(=O)CNC(=O)[C@H](CCCN=C(N)N)NC1=O)CC(O)O)CC(O)O.CC[C@@H]1NC(=O)[C@@H](Cc2ccccc2)NC(=O)[C@H](CC(=O)O)NC(=O)CNC(=O)[C@H](CCCN=C(N)N)NC1=O. The molecule has 2 fully saturated rings. The molecule has 12 amide bonds. The second-order valence-electron chi connectivity index (χ2n) is 26.6. The maximum absolute atomic E-state index is 14.1. The topological polar surface area (TPSA) is 673 Å². The molecule has 0 aliphatic carbocycles. The molecule has 0 saturated carbocycles. The number of nitrogens with zero attached hydrogens (tertiary/aromatic N) is 5. The number of guanidine groups is 2. The third kappa shape index (κ3) is 41.9. The molecule has 4 rings (SSSR count). The first-order valence-electron chi connectivity index (χ1n) is 37.1. The average Bonchev–Trinajstić information content (AvgIpc) is 1.81. The predicted octanol–water partition coefficient (Wildman–Crippen LogP) is -8.72. The number of aliphatic carboxylic acids is 2. The zero-order chi connectivity index (χ0) is 83.8. The molecule has 0 aromatic heterocycles. The van der Waals surface area contributed by atoms with Crippen LogP contribution in [0.1, 0.15) is 102 Å². The summed E-state index contributed by atoms with van der Waals surface area (Å²) in [6.07, 6.45) is -1.71. The molecule has 2 aliphatic heterocycles. The van der Waals surface area contributed by atoms with Crippen molar-refractivity contribution in [2.45, 2.75) is 165 Å². The zero-order valence-corrected chi connectivity index (χ0v) is 63.6. The van der Waals surface area contributed by atoms with Gasteiger partial charge in [0.05, 0.1) is 45.8 Å². The molecule has 2 aromatic rings. The van der Waals surface area contributed by atoms with Gasteiger partial charge in [0.2, 0.25) is 70.9 Å². The van der Waals surface area contributed by atoms with E-state index in [9.17, 15) is 97.8 Å². The lowest BCUT2D eigenvalue weighted by Crippen LogP contribution is -2.58. The van der Waals surface area contributed by atoms with Gasteiger partial charge in [-0.2, -0.15) is 0 Å². The molecule has 27 N–H and O–H groups in total. The number of carboxylic acids is 2. The Kier molecular flexibility index (Phi) is 46.0. The molecule has 2 aliphatic rings. The predicted molar refractivity (Wildman–Crippen MR) is 406 cm³/mol. The van der Waals surface area contributed by atoms with E-state index in [0.29, 0.717) is 24.1 Å². The Morgan fingerprint density at radius 2 is 0.841 bits per heavy atom. The molecular formula is C70H113N21O22. The molecule has 630 valence electrons. The molecular weight excluding hydrogens is 1490 g/mol. The molecule has 2 heterocycles. The van der Waals surface area contributed by atoms with Crippen LogP contribution in [0.3, 0.4) is 0 Å². The number of aliphatic imine (C=N–C) groups is 2. The third-order valence-corrected chi connectivity index (χ3v) is 17.2. The first kappa shape index (κ1) is 96.4. The van der Waals surface area contributed by atoms with Crippen LogP contribution in [-0.2, 0) is 84.9 Å². The summed E-state index contributed by atoms with van der Waals surface area (Å²) in [5.74, 6) is -11.6. The number of nitrogens with two attached hydrogens (primary N) is 4. The van der Waals surface area contributed by atoms with Gasteiger partial charge in [0.25, 0.3) is 0 Å². The number of benzene rings is 2. The lowest BCUT2D eigenvalue weighted by atomic mass is 10.0. The number of nitrogens with one attached hydrogen (secondary N) is 12. The maximum atomic E-state index is 14.1. The summed E-state index contributed by atoms with van der Waals surface area (Å²) in [6.45, 7) is 1.42. The van der Waals surface area contributed by atoms with Crippen molar-refractivity contribution in [1.82, 2.24) is 78.5 Å². The summed E-state index contributed by atoms with van der Waals surface area (Å²) >= 11 is 0. The summed E-state index contributed by atoms with van der Waals surface area (Å²) in [4.78, 5) is 198. The quantitative estimate of drug-likeness (QED) is 0.00733. The van der Waals surface area contributed by atoms with Crippen molar-refractivity contribution in [3.05, 3.63) is 71.8 Å². The number of carboxylic acid groups (broad SMARTS) is 2. The summed E-state index contributed by atoms with van der Waals surface area (Å²) in [6, 6.07) is 7.33. The number of carbonyl (C=O) groups is 14. The van der Waals surface area contributed by atoms with Crippen LogP contribution in [0.25, 0.3) is 0 Å². The lowest BCUT2D eigenvalue weighted by molar-refractivity contribution is -0.243. The molecule has 0 spiro atoms. The van der Waals surface area contributed by atoms with Gasteiger partial charge in [-0.3, -0.25) is 97.1 Å². The first-order chi connectivity index (χ1) is 53.8. The second-order valence-corrected chi connectivity index (χ2v) is 26.6. The van der Waals surface area contributed by atoms with Crippen LogP contribution in [0.15, 0.2) is 70.6 Å². The highest BCUT2D eigenvalue weighted by atomic mass is 17.1. The van der Waals surface area contributed by atoms with E-state index in [0.717, 1.165) is 12.8 Å². The van der Waals surface area contributed by atoms with Crippen molar-refractivity contribution in [3.8, 4) is 0 Å². The number of hydrogen-bond donors (Lipinski definition) is 23. The van der Waals surface area contributed by atoms with Gasteiger partial charge in [-0.1, -0.05) is 80.9 Å². The van der Waals surface area contributed by atoms with E-state index in [1.54, 1.807) is 72.5 Å². The van der Waals surface area contributed by atoms with Crippen molar-refractivity contribution in [2.24, 2.45) is 32.9 Å². The number of rotatable bonds is 42. The number of carbonyl (C=O) groups excluding carboxylic acids is 12. The fourth-order valence-corrected chi connectivity index (χ4v) is 11.4. The van der Waals surface area contributed by atoms with Crippen molar-refractivity contribution >= 4 is 94.7 Å². The third-order valence-electron chi connectivity index (χ3n) is 17.2. The fraction of sp³-hybridized carbons (Fsp3) is 0.600. The van der Waals surface area contributed by atoms with Gasteiger partial charge in [0, 0.05) is 84.7 Å². The van der Waals surface area contributed by atoms with E-state index in [4.69, 9.17) is 28.2 Å². The molecule has 2 saturated heterocycles. The number of hydrogen-bond acceptors (Lipinski definition) is 25. The number of aliphatic hydroxyl groups excluding tert-OH is 2. The summed E-state index contributed by atoms with van der Waals surface area (Å²) in [5.41, 5.74) is 22.9. The Hall–Kier alpha value is -10.8. The van der Waals surface area contributed by atoms with Gasteiger partial charge >= 0.3 is 11.9 Å². The van der Waals surface area contributed by atoms with Gasteiger partial charge in [0.15, 0.2) is 24.5 Å². The molecule has 8 atom stereocenters. The van der Waals surface area contributed by atoms with Crippen molar-refractivity contribution in [3.63, 3.8) is 0 Å². The van der Waals surface area contributed by atoms with Crippen LogP contribution >= 0.6 is 0 Å². The van der Waals surface area contributed by atoms with Crippen molar-refractivity contribution in [1.29, 1.82) is 0 Å². The van der Waals surface area contributed by atoms with Gasteiger partial charge < -0.3 is 117 Å². The van der Waals surface area contributed by atoms with Crippen molar-refractivity contribution < 1.29 is 108 Å². The summed E-state index contributed by atoms with van der Waals surface area (Å²) < 4.78 is 0. The van der Waals surface area contributed by atoms with E-state index >= 15 is 0 Å². The highest BCUT2D eigenvalue weighted by Gasteiger charge is 2.36. The van der Waals surface area contributed by atoms with Gasteiger partial charge in [0.1, 0.15) is 48.3 Å². The van der Waals surface area contributed by atoms with E-state index in [2.05, 4.69) is 78.7 Å². The molecule has 2 aromatic carbocycles. The monoisotopic (exact) mass is 1600 g/mol. The van der Waals surface area contributed by atoms with Crippen molar-refractivity contribution in [2.75, 3.05) is 105 Å². The Labute approximate surface area is 653 Å². The molecule has 0 unspecified atom stereocenters. The average molecular weight is 1600 g/mol. The number of unbranched alkanes of at least 4 members (excludes halogenated alkanes) is 2. The Balaban J connectivity index is 0.000000693. The molecule has 0 bridgehead atoms. The lowest BCUT2D eigenvalue weighted by Gasteiger charge is -2.30. The minimum absolute atomic E-state index is 0.00367. The minimum atomic E-state index is -1.79. The number of aliphatic hydroxyl groups is 4. The number of amides is 12. The minimum Gasteiger partial charge on any atom is -0.481 e. The van der Waals surface area contributed by atoms with E-state index in [1.807, 2.05) is 6.92 Å². The van der Waals surface area contributed by atoms with Gasteiger partial charge in [-0.05, 0) is 68.9 Å². The Bertz CT molecular complexity index is 3430. The maximum Gasteiger partial charge on any atom is 0.317 e. The smallest absolute Gasteiger partial charge is 0.317 e. The zero-order valence-electron chi connectivity index (χ0n) is 63.6. The van der Waals surface area contributed by atoms with Gasteiger partial charge in [-0.15, -0.1) is 0 Å². The molecule has 113 heavy (non-hydrogen) atoms. The fourth-order valence-electron chi connectivity index (χ4n) is 11.4. The van der Waals surface area contributed by atoms with E-state index in [-0.39, 0.29) is 161 Å². The normalized spacial score (nSPS) is 19.8. The first-order valence-corrected chi connectivity index (χ1v) is 37.1. The summed E-state index contributed by atoms with van der Waals surface area (Å²) in [7, 11) is 0. The van der Waals surface area contributed by atoms with Crippen LogP contribution < -0.4 is 86.7 Å². The van der Waals surface area contributed by atoms with Crippen LogP contribution in [0.2, 0.25) is 0 Å². The summed E-state index contributed by atoms with van der Waals surface area (Å²) in [5, 5.41) is 97.4. The van der Waals surface area contributed by atoms with Crippen LogP contribution in [0.5, 0.6) is 0 Å². The standard InChI is InChI=1S/C45H77N13O15.C25H36N8O7/c1-2-3-15-48-36(60)25-57(28-39(64)65)20-18-56(27-38(62)63)19-21-58(29-40(66)67)26-37(61)49-16-8-7-12-32-42(69)53-31(13-9-17-50-45(46)47)41(68)51-24-35(59)52-33(14-22-73-72)43(70)55-34(44(71)54-32)23-30-10-5-4-6-11-30;1-2-15-22(38)32-16(9-6-10-28-25(26)27)21(37)29-13-19(34)30-18(12-20(35)36)24(40)33-17(23(39)31-15)11-14-7-4-3-5-8-14/h4-6,10-11,31-34,38-39,62-65,72H,2-3,7-9,12-29H2,1H3,(H,48,60)(H,49,61)(H,51,68)(H,52,59)(H,53,69)(H,54,71)(H,55,70)(H,66,67)(H4,46,47,50);3-5,7-8,15-18H,2,6,9-13H2,1H3,(H,29,37)(H,30,34)(H,31,39)(H,32,38)(H,33,40)(H,35,36)(H4,26,27,28)/t31-,32-,33-,34+;15-,16-,17+,18-/m00/s1. The van der Waals surface area contributed by atoms with Crippen LogP contribution in [0.4, 0.5) is 0 Å².